The third-order valence-electron chi connectivity index (χ3n) is 3.35. The molecule has 1 aliphatic carbocycles. The number of amides is 1. The predicted molar refractivity (Wildman–Crippen MR) is 53.3 cm³/mol. The molecule has 2 fully saturated rings. The summed E-state index contributed by atoms with van der Waals surface area (Å²) < 4.78 is 12.8. The number of carbonyl (C=O) groups excluding carboxylic acids is 1. The lowest BCUT2D eigenvalue weighted by molar-refractivity contribution is -0.131. The second-order valence-corrected chi connectivity index (χ2v) is 4.50. The Labute approximate surface area is 92.0 Å². The van der Waals surface area contributed by atoms with Crippen LogP contribution >= 0.6 is 0 Å². The summed E-state index contributed by atoms with van der Waals surface area (Å²) >= 11 is 0. The van der Waals surface area contributed by atoms with Crippen LogP contribution in [0.1, 0.15) is 24.6 Å². The van der Waals surface area contributed by atoms with E-state index in [1.165, 1.54) is 6.33 Å². The maximum atomic E-state index is 12.8. The van der Waals surface area contributed by atoms with Crippen LogP contribution in [0.2, 0.25) is 0 Å². The second kappa shape index (κ2) is 3.54. The molecule has 1 aromatic heterocycles. The molecule has 86 valence electrons. The first kappa shape index (κ1) is 9.74. The van der Waals surface area contributed by atoms with E-state index in [9.17, 15) is 9.18 Å². The lowest BCUT2D eigenvalue weighted by atomic mass is 10.1. The number of carbonyl (C=O) groups is 1. The first-order chi connectivity index (χ1) is 7.75. The Morgan fingerprint density at radius 3 is 3.06 bits per heavy atom. The average molecular weight is 224 g/mol. The van der Waals surface area contributed by atoms with E-state index in [-0.39, 0.29) is 17.7 Å². The zero-order chi connectivity index (χ0) is 11.1. The number of nitrogens with one attached hydrogen (secondary N) is 1. The van der Waals surface area contributed by atoms with E-state index in [1.807, 2.05) is 0 Å². The van der Waals surface area contributed by atoms with E-state index in [2.05, 4.69) is 15.2 Å². The van der Waals surface area contributed by atoms with Crippen molar-refractivity contribution in [3.63, 3.8) is 0 Å². The van der Waals surface area contributed by atoms with Crippen LogP contribution in [0, 0.1) is 5.92 Å². The lowest BCUT2D eigenvalue weighted by Crippen LogP contribution is -2.30. The van der Waals surface area contributed by atoms with Crippen LogP contribution in [0.4, 0.5) is 4.39 Å². The van der Waals surface area contributed by atoms with Gasteiger partial charge in [-0.25, -0.2) is 9.37 Å². The summed E-state index contributed by atoms with van der Waals surface area (Å²) in [6.07, 6.45) is 1.85. The van der Waals surface area contributed by atoms with Gasteiger partial charge in [0.15, 0.2) is 0 Å². The summed E-state index contributed by atoms with van der Waals surface area (Å²) in [5.74, 6) is 0.647. The fourth-order valence-corrected chi connectivity index (χ4v) is 2.25. The number of aromatic amines is 1. The number of hydrogen-bond acceptors (Lipinski definition) is 3. The highest BCUT2D eigenvalue weighted by Gasteiger charge is 2.46. The van der Waals surface area contributed by atoms with Crippen LogP contribution in [0.5, 0.6) is 0 Å². The molecule has 1 saturated heterocycles. The zero-order valence-corrected chi connectivity index (χ0v) is 8.77. The van der Waals surface area contributed by atoms with Crippen LogP contribution < -0.4 is 0 Å². The van der Waals surface area contributed by atoms with E-state index in [1.54, 1.807) is 4.90 Å². The molecule has 1 aromatic rings. The highest BCUT2D eigenvalue weighted by molar-refractivity contribution is 5.82. The predicted octanol–water partition coefficient (Wildman–Crippen LogP) is 0.479. The minimum atomic E-state index is -0.906. The number of likely N-dealkylation sites (tertiary alicyclic amines) is 1. The number of H-pyrrole nitrogens is 1. The van der Waals surface area contributed by atoms with Crippen molar-refractivity contribution >= 4 is 5.91 Å². The van der Waals surface area contributed by atoms with Crippen molar-refractivity contribution in [1.82, 2.24) is 20.1 Å². The van der Waals surface area contributed by atoms with Crippen LogP contribution in [-0.2, 0) is 4.79 Å². The molecule has 2 aliphatic rings. The lowest BCUT2D eigenvalue weighted by Gasteiger charge is -2.15. The highest BCUT2D eigenvalue weighted by atomic mass is 19.1. The molecule has 2 heterocycles. The maximum absolute atomic E-state index is 12.8. The van der Waals surface area contributed by atoms with Gasteiger partial charge in [0.2, 0.25) is 5.91 Å². The molecule has 3 rings (SSSR count). The van der Waals surface area contributed by atoms with Gasteiger partial charge < -0.3 is 4.90 Å². The van der Waals surface area contributed by atoms with Crippen LogP contribution in [0.25, 0.3) is 0 Å². The van der Waals surface area contributed by atoms with Gasteiger partial charge in [0.25, 0.3) is 0 Å². The Bertz CT molecular complexity index is 394. The molecule has 0 radical (unpaired) electrons. The van der Waals surface area contributed by atoms with Crippen molar-refractivity contribution < 1.29 is 9.18 Å². The normalized spacial score (nSPS) is 33.1. The number of aromatic nitrogens is 3. The van der Waals surface area contributed by atoms with E-state index in [0.717, 1.165) is 12.2 Å². The van der Waals surface area contributed by atoms with Crippen LogP contribution in [-0.4, -0.2) is 45.2 Å². The topological polar surface area (TPSA) is 61.9 Å². The Balaban J connectivity index is 1.63. The number of nitrogens with zero attached hydrogens (tertiary/aromatic N) is 3. The SMILES string of the molecule is O=C([C@@H]1C[C@H]1F)N1CCC(c2ncn[nH]2)C1. The molecular weight excluding hydrogens is 211 g/mol. The third kappa shape index (κ3) is 1.58. The molecule has 6 heteroatoms. The summed E-state index contributed by atoms with van der Waals surface area (Å²) in [5.41, 5.74) is 0. The van der Waals surface area contributed by atoms with E-state index >= 15 is 0 Å². The molecular formula is C10H13FN4O. The van der Waals surface area contributed by atoms with E-state index in [4.69, 9.17) is 0 Å². The van der Waals surface area contributed by atoms with Crippen molar-refractivity contribution in [2.75, 3.05) is 13.1 Å². The van der Waals surface area contributed by atoms with Gasteiger partial charge in [-0.05, 0) is 12.8 Å². The average Bonchev–Trinajstić information content (AvgIpc) is 2.82. The van der Waals surface area contributed by atoms with Gasteiger partial charge in [0.05, 0.1) is 5.92 Å². The smallest absolute Gasteiger partial charge is 0.228 e. The molecule has 0 spiro atoms. The van der Waals surface area contributed by atoms with E-state index in [0.29, 0.717) is 19.5 Å². The van der Waals surface area contributed by atoms with E-state index < -0.39 is 6.17 Å². The van der Waals surface area contributed by atoms with Crippen molar-refractivity contribution in [2.45, 2.75) is 24.9 Å². The van der Waals surface area contributed by atoms with Crippen molar-refractivity contribution in [3.05, 3.63) is 12.2 Å². The minimum absolute atomic E-state index is 0.0329. The largest absolute Gasteiger partial charge is 0.342 e. The van der Waals surface area contributed by atoms with Gasteiger partial charge in [-0.2, -0.15) is 5.10 Å². The number of rotatable bonds is 2. The van der Waals surface area contributed by atoms with Gasteiger partial charge in [0.1, 0.15) is 18.3 Å². The molecule has 1 N–H and O–H groups in total. The monoisotopic (exact) mass is 224 g/mol. The Morgan fingerprint density at radius 1 is 1.62 bits per heavy atom. The standard InChI is InChI=1S/C10H13FN4O/c11-8-3-7(8)10(16)15-2-1-6(4-15)9-12-5-13-14-9/h5-8H,1-4H2,(H,12,13,14)/t6?,7-,8-/m1/s1. The Morgan fingerprint density at radius 2 is 2.44 bits per heavy atom. The number of hydrogen-bond donors (Lipinski definition) is 1. The molecule has 0 aromatic carbocycles. The highest BCUT2D eigenvalue weighted by Crippen LogP contribution is 2.37. The summed E-state index contributed by atoms with van der Waals surface area (Å²) in [6.45, 7) is 1.34. The van der Waals surface area contributed by atoms with Gasteiger partial charge in [-0.1, -0.05) is 0 Å². The van der Waals surface area contributed by atoms with Gasteiger partial charge in [0, 0.05) is 19.0 Å². The second-order valence-electron chi connectivity index (χ2n) is 4.50. The maximum Gasteiger partial charge on any atom is 0.228 e. The molecule has 16 heavy (non-hydrogen) atoms. The van der Waals surface area contributed by atoms with Gasteiger partial charge >= 0.3 is 0 Å². The minimum Gasteiger partial charge on any atom is -0.342 e. The summed E-state index contributed by atoms with van der Waals surface area (Å²) in [4.78, 5) is 17.6. The molecule has 3 atom stereocenters. The molecule has 1 saturated carbocycles. The Kier molecular flexibility index (Phi) is 2.15. The first-order valence-corrected chi connectivity index (χ1v) is 5.54. The summed E-state index contributed by atoms with van der Waals surface area (Å²) in [5, 5.41) is 6.62. The molecule has 0 bridgehead atoms. The first-order valence-electron chi connectivity index (χ1n) is 5.54. The summed E-state index contributed by atoms with van der Waals surface area (Å²) in [6, 6.07) is 0. The molecule has 1 amide bonds. The van der Waals surface area contributed by atoms with Gasteiger partial charge in [-0.3, -0.25) is 9.89 Å². The quantitative estimate of drug-likeness (QED) is 0.794. The summed E-state index contributed by atoms with van der Waals surface area (Å²) in [7, 11) is 0. The number of halogens is 1. The fraction of sp³-hybridized carbons (Fsp3) is 0.700. The van der Waals surface area contributed by atoms with Crippen LogP contribution in [0.15, 0.2) is 6.33 Å². The van der Waals surface area contributed by atoms with Crippen molar-refractivity contribution in [2.24, 2.45) is 5.92 Å². The molecule has 1 aliphatic heterocycles. The molecule has 5 nitrogen and oxygen atoms in total. The Hall–Kier alpha value is -1.46. The van der Waals surface area contributed by atoms with Crippen molar-refractivity contribution in [3.8, 4) is 0 Å². The molecule has 1 unspecified atom stereocenters. The fourth-order valence-electron chi connectivity index (χ4n) is 2.25. The van der Waals surface area contributed by atoms with Crippen LogP contribution in [0.3, 0.4) is 0 Å². The van der Waals surface area contributed by atoms with Crippen molar-refractivity contribution in [1.29, 1.82) is 0 Å². The third-order valence-corrected chi connectivity index (χ3v) is 3.35. The zero-order valence-electron chi connectivity index (χ0n) is 8.77. The number of alkyl halides is 1. The van der Waals surface area contributed by atoms with Gasteiger partial charge in [-0.15, -0.1) is 0 Å².